The van der Waals surface area contributed by atoms with E-state index in [1.54, 1.807) is 24.3 Å². The van der Waals surface area contributed by atoms with Gasteiger partial charge in [-0.05, 0) is 12.5 Å². The van der Waals surface area contributed by atoms with E-state index in [4.69, 9.17) is 5.26 Å². The second-order valence-electron chi connectivity index (χ2n) is 4.01. The van der Waals surface area contributed by atoms with Crippen LogP contribution in [0.1, 0.15) is 17.0 Å². The molecule has 0 aliphatic heterocycles. The predicted octanol–water partition coefficient (Wildman–Crippen LogP) is 1.22. The van der Waals surface area contributed by atoms with Crippen LogP contribution in [-0.4, -0.2) is 26.2 Å². The summed E-state index contributed by atoms with van der Waals surface area (Å²) in [6.45, 7) is 1.89. The van der Waals surface area contributed by atoms with Crippen LogP contribution in [0.25, 0.3) is 0 Å². The van der Waals surface area contributed by atoms with Gasteiger partial charge in [0, 0.05) is 6.26 Å². The lowest BCUT2D eigenvalue weighted by Crippen LogP contribution is -2.20. The summed E-state index contributed by atoms with van der Waals surface area (Å²) in [6.07, 6.45) is 0.981. The molecule has 1 aromatic rings. The van der Waals surface area contributed by atoms with Crippen LogP contribution in [-0.2, 0) is 14.6 Å². The quantitative estimate of drug-likeness (QED) is 0.806. The Morgan fingerprint density at radius 3 is 2.29 bits per heavy atom. The molecule has 0 saturated heterocycles. The Kier molecular flexibility index (Phi) is 4.02. The van der Waals surface area contributed by atoms with Gasteiger partial charge < -0.3 is 0 Å². The summed E-state index contributed by atoms with van der Waals surface area (Å²) in [7, 11) is -3.40. The molecule has 0 bridgehead atoms. The summed E-state index contributed by atoms with van der Waals surface area (Å²) in [5.74, 6) is -2.19. The fourth-order valence-corrected chi connectivity index (χ4v) is 2.12. The lowest BCUT2D eigenvalue weighted by Gasteiger charge is -2.07. The van der Waals surface area contributed by atoms with Crippen molar-refractivity contribution >= 4 is 15.6 Å². The van der Waals surface area contributed by atoms with Gasteiger partial charge in [-0.3, -0.25) is 4.79 Å². The number of hydrogen-bond acceptors (Lipinski definition) is 4. The van der Waals surface area contributed by atoms with Gasteiger partial charge in [0.1, 0.15) is 11.7 Å². The van der Waals surface area contributed by atoms with Crippen LogP contribution in [0.3, 0.4) is 0 Å². The number of carbonyl (C=O) groups is 1. The van der Waals surface area contributed by atoms with Crippen LogP contribution >= 0.6 is 0 Å². The number of carbonyl (C=O) groups excluding carboxylic acids is 1. The second kappa shape index (κ2) is 5.11. The maximum atomic E-state index is 11.7. The van der Waals surface area contributed by atoms with Gasteiger partial charge in [-0.1, -0.05) is 29.8 Å². The van der Waals surface area contributed by atoms with E-state index in [9.17, 15) is 13.2 Å². The molecule has 1 atom stereocenters. The lowest BCUT2D eigenvalue weighted by molar-refractivity contribution is -0.116. The molecule has 0 saturated carbocycles. The second-order valence-corrected chi connectivity index (χ2v) is 6.15. The minimum atomic E-state index is -3.40. The van der Waals surface area contributed by atoms with Crippen LogP contribution in [0.4, 0.5) is 0 Å². The monoisotopic (exact) mass is 251 g/mol. The normalized spacial score (nSPS) is 12.8. The summed E-state index contributed by atoms with van der Waals surface area (Å²) in [6, 6.07) is 8.76. The molecule has 17 heavy (non-hydrogen) atoms. The molecular weight excluding hydrogens is 238 g/mol. The molecule has 1 unspecified atom stereocenters. The van der Waals surface area contributed by atoms with Crippen molar-refractivity contribution in [2.45, 2.75) is 12.8 Å². The van der Waals surface area contributed by atoms with Gasteiger partial charge in [-0.2, -0.15) is 5.26 Å². The average molecular weight is 251 g/mol. The fraction of sp³-hybridized carbons (Fsp3) is 0.333. The smallest absolute Gasteiger partial charge is 0.169 e. The molecule has 1 aromatic carbocycles. The molecule has 0 aromatic heterocycles. The maximum Gasteiger partial charge on any atom is 0.169 e. The maximum absolute atomic E-state index is 11.7. The minimum absolute atomic E-state index is 0.534. The molecular formula is C12H13NO3S. The third-order valence-electron chi connectivity index (χ3n) is 2.27. The summed E-state index contributed by atoms with van der Waals surface area (Å²) in [5, 5.41) is 8.95. The third kappa shape index (κ3) is 4.00. The van der Waals surface area contributed by atoms with Gasteiger partial charge in [0.2, 0.25) is 0 Å². The first-order valence-corrected chi connectivity index (χ1v) is 7.06. The van der Waals surface area contributed by atoms with Crippen molar-refractivity contribution in [2.75, 3.05) is 12.0 Å². The zero-order chi connectivity index (χ0) is 13.1. The molecule has 0 N–H and O–H groups in total. The van der Waals surface area contributed by atoms with E-state index in [0.29, 0.717) is 5.56 Å². The first-order chi connectivity index (χ1) is 7.83. The number of sulfone groups is 1. The largest absolute Gasteiger partial charge is 0.297 e. The minimum Gasteiger partial charge on any atom is -0.297 e. The van der Waals surface area contributed by atoms with Gasteiger partial charge in [0.15, 0.2) is 15.6 Å². The Balaban J connectivity index is 2.97. The highest BCUT2D eigenvalue weighted by atomic mass is 32.2. The van der Waals surface area contributed by atoms with Crippen molar-refractivity contribution in [3.05, 3.63) is 35.4 Å². The summed E-state index contributed by atoms with van der Waals surface area (Å²) in [4.78, 5) is 11.7. The number of benzene rings is 1. The number of ketones is 1. The van der Waals surface area contributed by atoms with Crippen LogP contribution in [0.5, 0.6) is 0 Å². The molecule has 0 aliphatic rings. The lowest BCUT2D eigenvalue weighted by atomic mass is 9.96. The van der Waals surface area contributed by atoms with Gasteiger partial charge in [0.25, 0.3) is 0 Å². The van der Waals surface area contributed by atoms with Gasteiger partial charge >= 0.3 is 0 Å². The van der Waals surface area contributed by atoms with Crippen molar-refractivity contribution in [3.8, 4) is 6.07 Å². The molecule has 5 heteroatoms. The number of hydrogen-bond donors (Lipinski definition) is 0. The summed E-state index contributed by atoms with van der Waals surface area (Å²) >= 11 is 0. The Labute approximate surface area is 101 Å². The van der Waals surface area contributed by atoms with Crippen molar-refractivity contribution in [2.24, 2.45) is 0 Å². The highest BCUT2D eigenvalue weighted by Gasteiger charge is 2.23. The Bertz CT molecular complexity index is 552. The molecule has 0 fully saturated rings. The standard InChI is InChI=1S/C12H13NO3S/c1-9-3-5-10(6-4-9)11(7-13)12(14)8-17(2,15)16/h3-6,11H,8H2,1-2H3. The number of aryl methyl sites for hydroxylation is 1. The van der Waals surface area contributed by atoms with Crippen molar-refractivity contribution in [3.63, 3.8) is 0 Å². The first-order valence-electron chi connectivity index (χ1n) is 5.00. The van der Waals surface area contributed by atoms with Gasteiger partial charge in [-0.25, -0.2) is 8.42 Å². The first kappa shape index (κ1) is 13.4. The topological polar surface area (TPSA) is 75.0 Å². The van der Waals surface area contributed by atoms with E-state index >= 15 is 0 Å². The Morgan fingerprint density at radius 2 is 1.88 bits per heavy atom. The molecule has 0 aliphatic carbocycles. The average Bonchev–Trinajstić information content (AvgIpc) is 2.19. The number of nitriles is 1. The zero-order valence-corrected chi connectivity index (χ0v) is 10.5. The number of Topliss-reactive ketones (excluding diaryl/α,β-unsaturated/α-hetero) is 1. The summed E-state index contributed by atoms with van der Waals surface area (Å²) < 4.78 is 22.0. The van der Waals surface area contributed by atoms with Crippen LogP contribution in [0, 0.1) is 18.3 Å². The highest BCUT2D eigenvalue weighted by molar-refractivity contribution is 7.91. The van der Waals surface area contributed by atoms with Crippen LogP contribution < -0.4 is 0 Å². The number of nitrogens with zero attached hydrogens (tertiary/aromatic N) is 1. The van der Waals surface area contributed by atoms with E-state index in [2.05, 4.69) is 0 Å². The molecule has 0 amide bonds. The predicted molar refractivity (Wildman–Crippen MR) is 64.3 cm³/mol. The molecule has 1 rings (SSSR count). The van der Waals surface area contributed by atoms with Crippen molar-refractivity contribution < 1.29 is 13.2 Å². The van der Waals surface area contributed by atoms with Crippen LogP contribution in [0.15, 0.2) is 24.3 Å². The zero-order valence-electron chi connectivity index (χ0n) is 9.67. The van der Waals surface area contributed by atoms with E-state index in [0.717, 1.165) is 11.8 Å². The van der Waals surface area contributed by atoms with Crippen molar-refractivity contribution in [1.29, 1.82) is 5.26 Å². The number of rotatable bonds is 4. The van der Waals surface area contributed by atoms with E-state index in [1.807, 2.05) is 13.0 Å². The van der Waals surface area contributed by atoms with E-state index in [1.165, 1.54) is 0 Å². The Hall–Kier alpha value is -1.67. The fourth-order valence-electron chi connectivity index (χ4n) is 1.43. The summed E-state index contributed by atoms with van der Waals surface area (Å²) in [5.41, 5.74) is 1.55. The molecule has 0 heterocycles. The molecule has 0 spiro atoms. The molecule has 4 nitrogen and oxygen atoms in total. The third-order valence-corrected chi connectivity index (χ3v) is 3.08. The van der Waals surface area contributed by atoms with E-state index < -0.39 is 27.3 Å². The van der Waals surface area contributed by atoms with Crippen molar-refractivity contribution in [1.82, 2.24) is 0 Å². The van der Waals surface area contributed by atoms with Gasteiger partial charge in [0.05, 0.1) is 6.07 Å². The SMILES string of the molecule is Cc1ccc(C(C#N)C(=O)CS(C)(=O)=O)cc1. The Morgan fingerprint density at radius 1 is 1.35 bits per heavy atom. The molecule has 90 valence electrons. The highest BCUT2D eigenvalue weighted by Crippen LogP contribution is 2.17. The molecule has 0 radical (unpaired) electrons. The van der Waals surface area contributed by atoms with Gasteiger partial charge in [-0.15, -0.1) is 0 Å². The van der Waals surface area contributed by atoms with Crippen LogP contribution in [0.2, 0.25) is 0 Å². The van der Waals surface area contributed by atoms with E-state index in [-0.39, 0.29) is 0 Å².